The number of pyridine rings is 2. The fourth-order valence-corrected chi connectivity index (χ4v) is 8.13. The average Bonchev–Trinajstić information content (AvgIpc) is 2.32. The predicted molar refractivity (Wildman–Crippen MR) is 393 cm³/mol. The van der Waals surface area contributed by atoms with Gasteiger partial charge in [-0.15, -0.1) is 22.7 Å². The van der Waals surface area contributed by atoms with Crippen molar-refractivity contribution in [1.82, 2.24) is 119 Å². The second-order valence-corrected chi connectivity index (χ2v) is 24.3. The first-order valence-corrected chi connectivity index (χ1v) is 33.2. The molecule has 0 saturated carbocycles. The molecule has 28 nitrogen and oxygen atoms in total. The van der Waals surface area contributed by atoms with Crippen LogP contribution in [0.3, 0.4) is 0 Å². The molecule has 14 aromatic rings. The van der Waals surface area contributed by atoms with Crippen molar-refractivity contribution >= 4 is 22.7 Å². The summed E-state index contributed by atoms with van der Waals surface area (Å²) in [4.78, 5) is 39.8. The Kier molecular flexibility index (Phi) is 42.8. The van der Waals surface area contributed by atoms with Crippen LogP contribution in [-0.2, 0) is 42.3 Å². The van der Waals surface area contributed by atoms with Crippen LogP contribution in [0.15, 0.2) is 140 Å². The number of aromatic nitrogens is 24. The molecule has 0 fully saturated rings. The van der Waals surface area contributed by atoms with Crippen LogP contribution in [0.25, 0.3) is 0 Å². The second kappa shape index (κ2) is 49.0. The Labute approximate surface area is 597 Å². The summed E-state index contributed by atoms with van der Waals surface area (Å²) in [6, 6.07) is 14.0. The summed E-state index contributed by atoms with van der Waals surface area (Å²) in [5.41, 5.74) is 13.2. The molecule has 0 aliphatic rings. The van der Waals surface area contributed by atoms with Crippen LogP contribution >= 0.6 is 22.7 Å². The largest absolute Gasteiger partial charge is 0.449 e. The molecule has 0 unspecified atom stereocenters. The third-order valence-corrected chi connectivity index (χ3v) is 12.9. The molecule has 0 amide bonds. The van der Waals surface area contributed by atoms with Gasteiger partial charge in [0.15, 0.2) is 23.4 Å². The van der Waals surface area contributed by atoms with Crippen LogP contribution in [0.4, 0.5) is 0 Å². The van der Waals surface area contributed by atoms with E-state index in [1.165, 1.54) is 16.7 Å². The molecule has 0 aliphatic heterocycles. The monoisotopic (exact) mass is 1410 g/mol. The molecule has 0 aromatic carbocycles. The van der Waals surface area contributed by atoms with E-state index >= 15 is 0 Å². The number of hydrogen-bond acceptors (Lipinski definition) is 24. The summed E-state index contributed by atoms with van der Waals surface area (Å²) in [5, 5.41) is 37.2. The minimum Gasteiger partial charge on any atom is -0.449 e. The highest BCUT2D eigenvalue weighted by Crippen LogP contribution is 2.06. The lowest BCUT2D eigenvalue weighted by Gasteiger charge is -1.90. The van der Waals surface area contributed by atoms with Crippen LogP contribution < -0.4 is 0 Å². The molecule has 14 heterocycles. The van der Waals surface area contributed by atoms with Gasteiger partial charge in [0.1, 0.15) is 36.8 Å². The van der Waals surface area contributed by atoms with Crippen molar-refractivity contribution in [3.8, 4) is 0 Å². The first-order valence-electron chi connectivity index (χ1n) is 31.4. The van der Waals surface area contributed by atoms with Crippen LogP contribution in [-0.4, -0.2) is 119 Å². The van der Waals surface area contributed by atoms with Gasteiger partial charge in [0.05, 0.1) is 45.2 Å². The van der Waals surface area contributed by atoms with Crippen LogP contribution in [0.1, 0.15) is 125 Å². The Balaban J connectivity index is 0.000000539. The zero-order valence-electron chi connectivity index (χ0n) is 63.7. The van der Waals surface area contributed by atoms with Gasteiger partial charge in [0.2, 0.25) is 11.8 Å². The molecule has 14 aromatic heterocycles. The lowest BCUT2D eigenvalue weighted by molar-refractivity contribution is 0.389. The topological polar surface area (TPSA) is 314 Å². The molecule has 0 aliphatic carbocycles. The van der Waals surface area contributed by atoms with Crippen molar-refractivity contribution in [1.29, 1.82) is 0 Å². The molecule has 30 heteroatoms. The number of nitrogens with zero attached hydrogens (tertiary/aromatic N) is 24. The van der Waals surface area contributed by atoms with E-state index in [9.17, 15) is 0 Å². The van der Waals surface area contributed by atoms with E-state index in [1.54, 1.807) is 104 Å². The van der Waals surface area contributed by atoms with Crippen LogP contribution in [0.5, 0.6) is 0 Å². The SMILES string of the molecule is Cc1ccc(C)nc1.Cc1cccc(C)n1.Cc1ccn(C)n1.Cc1ccn(C)n1.Cc1cnn(C)c1.Cc1cnn(C)c1.Cc1coc(C)n1.Cc1coc(C)n1.Cc1csc(C)n1.Cc1csc(C)n1.Cc1ncn(C)n1.Cc1ncn(C)n1.Cc1noc(C)n1.Cc1noc(C)n1. The zero-order valence-corrected chi connectivity index (χ0v) is 65.4. The Hall–Kier alpha value is -10.6. The van der Waals surface area contributed by atoms with Crippen molar-refractivity contribution in [3.63, 3.8) is 0 Å². The highest BCUT2D eigenvalue weighted by molar-refractivity contribution is 7.09. The first-order chi connectivity index (χ1) is 47.0. The Morgan fingerprint density at radius 2 is 0.710 bits per heavy atom. The number of aryl methyl sites for hydroxylation is 28. The third kappa shape index (κ3) is 47.3. The third-order valence-electron chi connectivity index (χ3n) is 11.1. The van der Waals surface area contributed by atoms with Crippen LogP contribution in [0, 0.1) is 152 Å². The van der Waals surface area contributed by atoms with E-state index in [0.29, 0.717) is 23.4 Å². The van der Waals surface area contributed by atoms with E-state index in [1.807, 2.05) is 247 Å². The number of oxazole rings is 2. The van der Waals surface area contributed by atoms with Crippen molar-refractivity contribution < 1.29 is 17.9 Å². The quantitative estimate of drug-likeness (QED) is 0.136. The lowest BCUT2D eigenvalue weighted by atomic mass is 10.3. The molecule has 100 heavy (non-hydrogen) atoms. The lowest BCUT2D eigenvalue weighted by Crippen LogP contribution is -1.86. The van der Waals surface area contributed by atoms with Gasteiger partial charge in [-0.2, -0.15) is 40.6 Å². The van der Waals surface area contributed by atoms with E-state index in [4.69, 9.17) is 8.83 Å². The molecule has 0 bridgehead atoms. The normalized spacial score (nSPS) is 9.40. The van der Waals surface area contributed by atoms with Crippen LogP contribution in [0.2, 0.25) is 0 Å². The fourth-order valence-electron chi connectivity index (χ4n) is 6.95. The Morgan fingerprint density at radius 3 is 0.820 bits per heavy atom. The number of hydrogen-bond donors (Lipinski definition) is 0. The van der Waals surface area contributed by atoms with Gasteiger partial charge < -0.3 is 17.9 Å². The molecular formula is C70H104N24O4S2. The Bertz CT molecular complexity index is 3260. The summed E-state index contributed by atoms with van der Waals surface area (Å²) in [7, 11) is 11.3. The predicted octanol–water partition coefficient (Wildman–Crippen LogP) is 14.0. The van der Waals surface area contributed by atoms with Gasteiger partial charge >= 0.3 is 0 Å². The average molecular weight is 1410 g/mol. The Morgan fingerprint density at radius 1 is 0.310 bits per heavy atom. The maximum absolute atomic E-state index is 4.85. The molecule has 540 valence electrons. The summed E-state index contributed by atoms with van der Waals surface area (Å²) >= 11 is 3.39. The molecule has 0 spiro atoms. The van der Waals surface area contributed by atoms with Gasteiger partial charge in [-0.05, 0) is 172 Å². The first kappa shape index (κ1) is 87.4. The minimum atomic E-state index is 0.623. The molecule has 14 rings (SSSR count). The van der Waals surface area contributed by atoms with Gasteiger partial charge in [0, 0.05) is 140 Å². The summed E-state index contributed by atoms with van der Waals surface area (Å²) in [5.74, 6) is 5.74. The van der Waals surface area contributed by atoms with E-state index in [2.05, 4.69) is 117 Å². The zero-order chi connectivity index (χ0) is 75.3. The molecule has 0 saturated heterocycles. The van der Waals surface area contributed by atoms with E-state index in [-0.39, 0.29) is 0 Å². The van der Waals surface area contributed by atoms with Gasteiger partial charge in [0.25, 0.3) is 0 Å². The van der Waals surface area contributed by atoms with E-state index in [0.717, 1.165) is 84.7 Å². The minimum absolute atomic E-state index is 0.623. The molecule has 0 radical (unpaired) electrons. The maximum atomic E-state index is 4.85. The smallest absolute Gasteiger partial charge is 0.223 e. The molecular weight excluding hydrogens is 1310 g/mol. The van der Waals surface area contributed by atoms with Gasteiger partial charge in [-0.1, -0.05) is 22.4 Å². The molecule has 0 atom stereocenters. The standard InChI is InChI=1S/2C7H9N.4C5H8N2.2C5H7NO.2C5H7NS.2C4H7N3.2C4H6N2O/c1-6-3-4-7(2)8-5-6;1-6-4-3-5-7(2)8-6;2*1-5-3-6-7(2)4-5;2*1-5-3-4-7(2)6-5;4*1-4-3-7-5(2)6-4;2*1-4-5-3-7(2)6-4;2*1-3-5-4(2)7-6-3/h2*3-5H,1-2H3;4*3-4H,1-2H3;6*3H,1-2H3;2*1-2H3. The van der Waals surface area contributed by atoms with E-state index < -0.39 is 0 Å². The maximum Gasteiger partial charge on any atom is 0.223 e. The van der Waals surface area contributed by atoms with Crippen molar-refractivity contribution in [2.45, 2.75) is 152 Å². The van der Waals surface area contributed by atoms with Crippen molar-refractivity contribution in [2.24, 2.45) is 42.3 Å². The number of thiazole rings is 2. The van der Waals surface area contributed by atoms with Gasteiger partial charge in [-0.25, -0.2) is 29.9 Å². The van der Waals surface area contributed by atoms with Gasteiger partial charge in [-0.3, -0.25) is 38.1 Å². The fraction of sp³-hybridized carbons (Fsp3) is 0.400. The summed E-state index contributed by atoms with van der Waals surface area (Å²) in [6.45, 7) is 42.3. The van der Waals surface area contributed by atoms with Crippen molar-refractivity contribution in [3.05, 3.63) is 247 Å². The van der Waals surface area contributed by atoms with Crippen molar-refractivity contribution in [2.75, 3.05) is 0 Å². The summed E-state index contributed by atoms with van der Waals surface area (Å²) in [6.07, 6.45) is 20.0. The highest BCUT2D eigenvalue weighted by Gasteiger charge is 1.94. The second-order valence-electron chi connectivity index (χ2n) is 22.2. The highest BCUT2D eigenvalue weighted by atomic mass is 32.1. The summed E-state index contributed by atoms with van der Waals surface area (Å²) < 4.78 is 29.4. The number of rotatable bonds is 0. The molecule has 0 N–H and O–H groups in total.